The lowest BCUT2D eigenvalue weighted by molar-refractivity contribution is -0.851. The first-order valence-electron chi connectivity index (χ1n) is 5.15. The van der Waals surface area contributed by atoms with Crippen LogP contribution in [0.4, 0.5) is 0 Å². The normalized spacial score (nSPS) is 10.6. The molecular formula is C13H9BrNOS+. The lowest BCUT2D eigenvalue weighted by Gasteiger charge is -1.96. The number of halogens is 1. The summed E-state index contributed by atoms with van der Waals surface area (Å²) in [4.78, 5) is 5.79. The van der Waals surface area contributed by atoms with Crippen molar-refractivity contribution in [3.63, 3.8) is 0 Å². The van der Waals surface area contributed by atoms with Crippen LogP contribution in [-0.2, 0) is 0 Å². The maximum Gasteiger partial charge on any atom is 0.278 e. The highest BCUT2D eigenvalue weighted by atomic mass is 79.9. The van der Waals surface area contributed by atoms with Crippen LogP contribution in [0.3, 0.4) is 0 Å². The van der Waals surface area contributed by atoms with Crippen molar-refractivity contribution < 1.29 is 9.57 Å². The lowest BCUT2D eigenvalue weighted by atomic mass is 10.3. The van der Waals surface area contributed by atoms with Gasteiger partial charge in [-0.2, -0.15) is 0 Å². The fourth-order valence-electron chi connectivity index (χ4n) is 1.58. The molecule has 0 spiro atoms. The van der Waals surface area contributed by atoms with Crippen LogP contribution < -0.4 is 9.57 Å². The Balaban J connectivity index is 1.97. The van der Waals surface area contributed by atoms with Gasteiger partial charge in [-0.25, -0.2) is 4.84 Å². The average molecular weight is 307 g/mol. The molecule has 0 aliphatic carbocycles. The molecule has 0 saturated carbocycles. The molecule has 4 heteroatoms. The molecule has 0 N–H and O–H groups in total. The maximum absolute atomic E-state index is 5.79. The smallest absolute Gasteiger partial charge is 0.230 e. The van der Waals surface area contributed by atoms with E-state index in [9.17, 15) is 0 Å². The van der Waals surface area contributed by atoms with Gasteiger partial charge in [0.15, 0.2) is 0 Å². The summed E-state index contributed by atoms with van der Waals surface area (Å²) < 4.78 is 4.05. The zero-order valence-electron chi connectivity index (χ0n) is 8.84. The molecule has 0 saturated heterocycles. The second kappa shape index (κ2) is 4.47. The van der Waals surface area contributed by atoms with Crippen LogP contribution in [0.25, 0.3) is 10.2 Å². The minimum atomic E-state index is 0.821. The van der Waals surface area contributed by atoms with E-state index in [0.29, 0.717) is 0 Å². The molecule has 1 heterocycles. The lowest BCUT2D eigenvalue weighted by Crippen LogP contribution is -2.37. The molecule has 17 heavy (non-hydrogen) atoms. The molecule has 0 aliphatic heterocycles. The fraction of sp³-hybridized carbons (Fsp3) is 0. The summed E-state index contributed by atoms with van der Waals surface area (Å²) in [5, 5.41) is 0. The van der Waals surface area contributed by atoms with Gasteiger partial charge in [-0.15, -0.1) is 0 Å². The van der Waals surface area contributed by atoms with Crippen molar-refractivity contribution >= 4 is 37.5 Å². The molecule has 0 aliphatic rings. The number of nitrogens with zero attached hydrogens (tertiary/aromatic N) is 1. The third-order valence-corrected chi connectivity index (χ3v) is 3.82. The predicted molar refractivity (Wildman–Crippen MR) is 72.2 cm³/mol. The predicted octanol–water partition coefficient (Wildman–Crippen LogP) is 3.79. The van der Waals surface area contributed by atoms with Gasteiger partial charge in [0, 0.05) is 15.3 Å². The summed E-state index contributed by atoms with van der Waals surface area (Å²) in [7, 11) is 0. The zero-order valence-corrected chi connectivity index (χ0v) is 11.2. The number of hydrogen-bond donors (Lipinski definition) is 0. The summed E-state index contributed by atoms with van der Waals surface area (Å²) >= 11 is 5.07. The van der Waals surface area contributed by atoms with E-state index < -0.39 is 0 Å². The molecular weight excluding hydrogens is 298 g/mol. The molecule has 1 aromatic heterocycles. The molecule has 2 nitrogen and oxygen atoms in total. The molecule has 0 atom stereocenters. The van der Waals surface area contributed by atoms with Crippen LogP contribution in [0.15, 0.2) is 58.5 Å². The summed E-state index contributed by atoms with van der Waals surface area (Å²) in [6, 6.07) is 16.0. The van der Waals surface area contributed by atoms with Crippen molar-refractivity contribution in [3.8, 4) is 5.75 Å². The molecule has 84 valence electrons. The Labute approximate surface area is 111 Å². The van der Waals surface area contributed by atoms with Crippen LogP contribution in [0.2, 0.25) is 0 Å². The van der Waals surface area contributed by atoms with Gasteiger partial charge in [-0.05, 0) is 30.3 Å². The standard InChI is InChI=1S/C13H9BrNOS/c14-10-5-7-11(8-6-10)16-15-9-17-13-4-2-1-3-12(13)15/h1-9H/q+1. The number of aromatic nitrogens is 1. The van der Waals surface area contributed by atoms with E-state index in [1.165, 1.54) is 4.70 Å². The van der Waals surface area contributed by atoms with Gasteiger partial charge in [0.2, 0.25) is 5.75 Å². The minimum absolute atomic E-state index is 0.821. The van der Waals surface area contributed by atoms with Gasteiger partial charge < -0.3 is 0 Å². The van der Waals surface area contributed by atoms with Crippen LogP contribution in [0.1, 0.15) is 0 Å². The zero-order chi connectivity index (χ0) is 11.7. The van der Waals surface area contributed by atoms with E-state index in [-0.39, 0.29) is 0 Å². The fourth-order valence-corrected chi connectivity index (χ4v) is 2.65. The van der Waals surface area contributed by atoms with Crippen molar-refractivity contribution in [1.29, 1.82) is 0 Å². The number of para-hydroxylation sites is 1. The summed E-state index contributed by atoms with van der Waals surface area (Å²) in [5.41, 5.74) is 3.05. The van der Waals surface area contributed by atoms with Crippen LogP contribution in [0, 0.1) is 0 Å². The second-order valence-electron chi connectivity index (χ2n) is 3.56. The Morgan fingerprint density at radius 1 is 1.00 bits per heavy atom. The number of benzene rings is 2. The molecule has 0 unspecified atom stereocenters. The molecule has 0 radical (unpaired) electrons. The van der Waals surface area contributed by atoms with Gasteiger partial charge in [-0.1, -0.05) is 39.4 Å². The number of fused-ring (bicyclic) bond motifs is 1. The maximum atomic E-state index is 5.79. The van der Waals surface area contributed by atoms with Gasteiger partial charge in [0.05, 0.1) is 0 Å². The summed E-state index contributed by atoms with van der Waals surface area (Å²) in [6.45, 7) is 0. The summed E-state index contributed by atoms with van der Waals surface area (Å²) in [5.74, 6) is 0.821. The topological polar surface area (TPSA) is 13.1 Å². The van der Waals surface area contributed by atoms with Crippen molar-refractivity contribution in [2.75, 3.05) is 0 Å². The van der Waals surface area contributed by atoms with E-state index in [2.05, 4.69) is 22.0 Å². The number of rotatable bonds is 2. The second-order valence-corrected chi connectivity index (χ2v) is 5.36. The quantitative estimate of drug-likeness (QED) is 0.657. The molecule has 2 aromatic carbocycles. The minimum Gasteiger partial charge on any atom is -0.230 e. The number of thiazole rings is 1. The monoisotopic (exact) mass is 306 g/mol. The van der Waals surface area contributed by atoms with Gasteiger partial charge in [0.25, 0.3) is 11.0 Å². The van der Waals surface area contributed by atoms with E-state index in [0.717, 1.165) is 15.7 Å². The van der Waals surface area contributed by atoms with E-state index in [4.69, 9.17) is 4.84 Å². The highest BCUT2D eigenvalue weighted by Crippen LogP contribution is 2.18. The Bertz CT molecular complexity index is 648. The first kappa shape index (κ1) is 10.7. The van der Waals surface area contributed by atoms with Crippen molar-refractivity contribution in [1.82, 2.24) is 0 Å². The van der Waals surface area contributed by atoms with Crippen molar-refractivity contribution in [2.45, 2.75) is 0 Å². The van der Waals surface area contributed by atoms with Crippen molar-refractivity contribution in [3.05, 3.63) is 58.5 Å². The third kappa shape index (κ3) is 2.18. The Morgan fingerprint density at radius 3 is 2.59 bits per heavy atom. The van der Waals surface area contributed by atoms with Crippen LogP contribution >= 0.6 is 27.3 Å². The van der Waals surface area contributed by atoms with Gasteiger partial charge in [-0.3, -0.25) is 0 Å². The van der Waals surface area contributed by atoms with E-state index >= 15 is 0 Å². The summed E-state index contributed by atoms with van der Waals surface area (Å²) in [6.07, 6.45) is 0. The largest absolute Gasteiger partial charge is 0.278 e. The Morgan fingerprint density at radius 2 is 1.76 bits per heavy atom. The SMILES string of the molecule is Brc1ccc(O[n+]2csc3ccccc32)cc1. The molecule has 0 fully saturated rings. The first-order valence-corrected chi connectivity index (χ1v) is 6.82. The molecule has 3 rings (SSSR count). The average Bonchev–Trinajstić information content (AvgIpc) is 2.76. The van der Waals surface area contributed by atoms with Crippen LogP contribution in [-0.4, -0.2) is 0 Å². The first-order chi connectivity index (χ1) is 8.33. The van der Waals surface area contributed by atoms with E-state index in [1.807, 2.05) is 48.0 Å². The number of hydrogen-bond acceptors (Lipinski definition) is 2. The molecule has 3 aromatic rings. The Kier molecular flexibility index (Phi) is 2.82. The Hall–Kier alpha value is -1.39. The van der Waals surface area contributed by atoms with E-state index in [1.54, 1.807) is 16.1 Å². The third-order valence-electron chi connectivity index (χ3n) is 2.40. The molecule has 0 amide bonds. The highest BCUT2D eigenvalue weighted by molar-refractivity contribution is 9.10. The van der Waals surface area contributed by atoms with Crippen LogP contribution in [0.5, 0.6) is 5.75 Å². The van der Waals surface area contributed by atoms with Gasteiger partial charge >= 0.3 is 0 Å². The molecule has 0 bridgehead atoms. The highest BCUT2D eigenvalue weighted by Gasteiger charge is 2.13. The van der Waals surface area contributed by atoms with Crippen molar-refractivity contribution in [2.24, 2.45) is 0 Å². The van der Waals surface area contributed by atoms with Gasteiger partial charge in [0.1, 0.15) is 4.70 Å².